The quantitative estimate of drug-likeness (QED) is 0.809. The average Bonchev–Trinajstić information content (AvgIpc) is 2.72. The minimum absolute atomic E-state index is 0.213. The first-order valence-corrected chi connectivity index (χ1v) is 6.80. The third kappa shape index (κ3) is 1.90. The molecule has 92 valence electrons. The van der Waals surface area contributed by atoms with Gasteiger partial charge in [-0.15, -0.1) is 0 Å². The van der Waals surface area contributed by atoms with Crippen molar-refractivity contribution in [3.8, 4) is 5.69 Å². The molecule has 0 radical (unpaired) electrons. The summed E-state index contributed by atoms with van der Waals surface area (Å²) in [6.45, 7) is 2.11. The van der Waals surface area contributed by atoms with Crippen molar-refractivity contribution < 1.29 is 4.79 Å². The molecule has 1 unspecified atom stereocenters. The number of hydrogen-bond donors (Lipinski definition) is 0. The summed E-state index contributed by atoms with van der Waals surface area (Å²) in [6.07, 6.45) is 3.25. The number of hydrogen-bond acceptors (Lipinski definition) is 2. The zero-order chi connectivity index (χ0) is 12.7. The predicted molar refractivity (Wildman–Crippen MR) is 73.1 cm³/mol. The molecule has 4 heteroatoms. The molecule has 0 spiro atoms. The van der Waals surface area contributed by atoms with Crippen LogP contribution in [0.3, 0.4) is 0 Å². The second kappa shape index (κ2) is 4.35. The predicted octanol–water partition coefficient (Wildman–Crippen LogP) is 3.40. The highest BCUT2D eigenvalue weighted by Gasteiger charge is 2.26. The van der Waals surface area contributed by atoms with Gasteiger partial charge < -0.3 is 0 Å². The normalized spacial score (nSPS) is 18.8. The van der Waals surface area contributed by atoms with Crippen molar-refractivity contribution in [2.45, 2.75) is 19.8 Å². The molecule has 18 heavy (non-hydrogen) atoms. The van der Waals surface area contributed by atoms with Crippen LogP contribution >= 0.6 is 15.9 Å². The zero-order valence-corrected chi connectivity index (χ0v) is 11.6. The van der Waals surface area contributed by atoms with E-state index in [9.17, 15) is 4.79 Å². The number of benzene rings is 1. The van der Waals surface area contributed by atoms with Gasteiger partial charge >= 0.3 is 0 Å². The topological polar surface area (TPSA) is 34.9 Å². The van der Waals surface area contributed by atoms with Crippen molar-refractivity contribution >= 4 is 21.7 Å². The Kier molecular flexibility index (Phi) is 2.82. The monoisotopic (exact) mass is 304 g/mol. The number of halogens is 1. The molecule has 3 nitrogen and oxygen atoms in total. The van der Waals surface area contributed by atoms with Crippen LogP contribution in [0.25, 0.3) is 5.69 Å². The van der Waals surface area contributed by atoms with Crippen molar-refractivity contribution in [3.63, 3.8) is 0 Å². The number of fused-ring (bicyclic) bond motifs is 1. The molecule has 3 rings (SSSR count). The molecule has 0 N–H and O–H groups in total. The van der Waals surface area contributed by atoms with Crippen LogP contribution in [0.4, 0.5) is 0 Å². The first-order valence-electron chi connectivity index (χ1n) is 6.01. The number of ketones is 1. The number of Topliss-reactive ketones (excluding diaryl/α,β-unsaturated/α-hetero) is 1. The van der Waals surface area contributed by atoms with E-state index in [1.165, 1.54) is 0 Å². The summed E-state index contributed by atoms with van der Waals surface area (Å²) in [5, 5.41) is 4.37. The Balaban J connectivity index is 2.12. The molecule has 1 aromatic carbocycles. The smallest absolute Gasteiger partial charge is 0.166 e. The van der Waals surface area contributed by atoms with Gasteiger partial charge in [0, 0.05) is 10.9 Å². The van der Waals surface area contributed by atoms with Crippen LogP contribution in [0.1, 0.15) is 29.4 Å². The standard InChI is InChI=1S/C14H13BrN2O/c1-9-5-13-12(14(18)6-9)8-16-17(13)11-4-2-3-10(15)7-11/h2-4,7-9H,5-6H2,1H3. The molecule has 1 aromatic heterocycles. The second-order valence-electron chi connectivity index (χ2n) is 4.83. The van der Waals surface area contributed by atoms with Crippen molar-refractivity contribution in [1.82, 2.24) is 9.78 Å². The minimum atomic E-state index is 0.213. The molecule has 1 aliphatic rings. The van der Waals surface area contributed by atoms with Gasteiger partial charge in [-0.1, -0.05) is 28.9 Å². The zero-order valence-electron chi connectivity index (χ0n) is 10.1. The maximum atomic E-state index is 11.9. The maximum absolute atomic E-state index is 11.9. The van der Waals surface area contributed by atoms with Crippen LogP contribution in [0.15, 0.2) is 34.9 Å². The maximum Gasteiger partial charge on any atom is 0.166 e. The van der Waals surface area contributed by atoms with Gasteiger partial charge in [-0.2, -0.15) is 5.10 Å². The van der Waals surface area contributed by atoms with E-state index in [2.05, 4.69) is 28.0 Å². The van der Waals surface area contributed by atoms with Crippen LogP contribution in [0, 0.1) is 5.92 Å². The van der Waals surface area contributed by atoms with Gasteiger partial charge in [0.2, 0.25) is 0 Å². The fourth-order valence-corrected chi connectivity index (χ4v) is 2.85. The van der Waals surface area contributed by atoms with E-state index in [0.717, 1.165) is 27.8 Å². The summed E-state index contributed by atoms with van der Waals surface area (Å²) in [6, 6.07) is 7.97. The van der Waals surface area contributed by atoms with E-state index in [1.807, 2.05) is 28.9 Å². The van der Waals surface area contributed by atoms with E-state index < -0.39 is 0 Å². The summed E-state index contributed by atoms with van der Waals surface area (Å²) in [4.78, 5) is 11.9. The lowest BCUT2D eigenvalue weighted by Gasteiger charge is -2.18. The molecule has 2 aromatic rings. The van der Waals surface area contributed by atoms with E-state index in [0.29, 0.717) is 12.3 Å². The number of carbonyl (C=O) groups excluding carboxylic acids is 1. The van der Waals surface area contributed by atoms with Gasteiger partial charge in [-0.3, -0.25) is 4.79 Å². The Labute approximate surface area is 114 Å². The highest BCUT2D eigenvalue weighted by molar-refractivity contribution is 9.10. The summed E-state index contributed by atoms with van der Waals surface area (Å²) < 4.78 is 2.90. The minimum Gasteiger partial charge on any atom is -0.294 e. The number of rotatable bonds is 1. The summed E-state index contributed by atoms with van der Waals surface area (Å²) in [7, 11) is 0. The van der Waals surface area contributed by atoms with Gasteiger partial charge in [0.05, 0.1) is 23.1 Å². The Bertz CT molecular complexity index is 618. The Morgan fingerprint density at radius 3 is 3.00 bits per heavy atom. The molecule has 0 amide bonds. The van der Waals surface area contributed by atoms with Crippen LogP contribution in [-0.2, 0) is 6.42 Å². The van der Waals surface area contributed by atoms with Crippen LogP contribution in [0.2, 0.25) is 0 Å². The van der Waals surface area contributed by atoms with Gasteiger partial charge in [0.1, 0.15) is 0 Å². The third-order valence-electron chi connectivity index (χ3n) is 3.30. The third-order valence-corrected chi connectivity index (χ3v) is 3.79. The van der Waals surface area contributed by atoms with E-state index in [4.69, 9.17) is 0 Å². The largest absolute Gasteiger partial charge is 0.294 e. The molecule has 0 bridgehead atoms. The summed E-state index contributed by atoms with van der Waals surface area (Å²) >= 11 is 3.46. The van der Waals surface area contributed by atoms with Crippen LogP contribution < -0.4 is 0 Å². The van der Waals surface area contributed by atoms with Crippen molar-refractivity contribution in [3.05, 3.63) is 46.2 Å². The molecule has 0 saturated heterocycles. The van der Waals surface area contributed by atoms with Gasteiger partial charge in [-0.25, -0.2) is 4.68 Å². The summed E-state index contributed by atoms with van der Waals surface area (Å²) in [5.41, 5.74) is 2.82. The van der Waals surface area contributed by atoms with Crippen molar-refractivity contribution in [1.29, 1.82) is 0 Å². The first kappa shape index (κ1) is 11.7. The Hall–Kier alpha value is -1.42. The SMILES string of the molecule is CC1CC(=O)c2cnn(-c3cccc(Br)c3)c2C1. The van der Waals surface area contributed by atoms with E-state index in [1.54, 1.807) is 6.20 Å². The Morgan fingerprint density at radius 1 is 1.39 bits per heavy atom. The lowest BCUT2D eigenvalue weighted by atomic mass is 9.88. The Morgan fingerprint density at radius 2 is 2.22 bits per heavy atom. The fourth-order valence-electron chi connectivity index (χ4n) is 2.46. The fraction of sp³-hybridized carbons (Fsp3) is 0.286. The van der Waals surface area contributed by atoms with Crippen molar-refractivity contribution in [2.75, 3.05) is 0 Å². The summed E-state index contributed by atoms with van der Waals surface area (Å²) in [5.74, 6) is 0.609. The molecule has 0 aliphatic heterocycles. The van der Waals surface area contributed by atoms with Crippen LogP contribution in [0.5, 0.6) is 0 Å². The number of carbonyl (C=O) groups is 1. The molecule has 1 heterocycles. The van der Waals surface area contributed by atoms with Crippen molar-refractivity contribution in [2.24, 2.45) is 5.92 Å². The number of aromatic nitrogens is 2. The lowest BCUT2D eigenvalue weighted by Crippen LogP contribution is -2.19. The van der Waals surface area contributed by atoms with E-state index in [-0.39, 0.29) is 5.78 Å². The highest BCUT2D eigenvalue weighted by atomic mass is 79.9. The van der Waals surface area contributed by atoms with Gasteiger partial charge in [0.25, 0.3) is 0 Å². The van der Waals surface area contributed by atoms with E-state index >= 15 is 0 Å². The molecule has 0 saturated carbocycles. The van der Waals surface area contributed by atoms with Gasteiger partial charge in [-0.05, 0) is 30.5 Å². The molecular formula is C14H13BrN2O. The molecule has 1 atom stereocenters. The number of nitrogens with zero attached hydrogens (tertiary/aromatic N) is 2. The first-order chi connectivity index (χ1) is 8.65. The molecule has 0 fully saturated rings. The molecule has 1 aliphatic carbocycles. The second-order valence-corrected chi connectivity index (χ2v) is 5.75. The van der Waals surface area contributed by atoms with Crippen LogP contribution in [-0.4, -0.2) is 15.6 Å². The average molecular weight is 305 g/mol. The van der Waals surface area contributed by atoms with Gasteiger partial charge in [0.15, 0.2) is 5.78 Å². The lowest BCUT2D eigenvalue weighted by molar-refractivity contribution is 0.0953. The highest BCUT2D eigenvalue weighted by Crippen LogP contribution is 2.27. The molecular weight excluding hydrogens is 292 g/mol.